The minimum Gasteiger partial charge on any atom is -0.325 e. The first-order valence-corrected chi connectivity index (χ1v) is 12.5. The second-order valence-corrected chi connectivity index (χ2v) is 9.48. The van der Waals surface area contributed by atoms with Crippen molar-refractivity contribution in [3.8, 4) is 17.1 Å². The highest BCUT2D eigenvalue weighted by Gasteiger charge is 2.17. The summed E-state index contributed by atoms with van der Waals surface area (Å²) in [6.07, 6.45) is 4.54. The number of hydrogen-bond donors (Lipinski definition) is 1. The third-order valence-corrected chi connectivity index (χ3v) is 6.82. The lowest BCUT2D eigenvalue weighted by Gasteiger charge is -2.11. The first kappa shape index (κ1) is 23.2. The molecule has 4 aromatic rings. The van der Waals surface area contributed by atoms with Gasteiger partial charge in [0.2, 0.25) is 5.91 Å². The Balaban J connectivity index is 1.51. The van der Waals surface area contributed by atoms with E-state index in [9.17, 15) is 4.79 Å². The fourth-order valence-corrected chi connectivity index (χ4v) is 4.35. The fourth-order valence-electron chi connectivity index (χ4n) is 3.33. The third-order valence-electron chi connectivity index (χ3n) is 5.36. The average Bonchev–Trinajstić information content (AvgIpc) is 3.28. The molecular formula is C25H24BrN5OS. The van der Waals surface area contributed by atoms with Gasteiger partial charge in [-0.3, -0.25) is 14.3 Å². The van der Waals surface area contributed by atoms with E-state index in [1.165, 1.54) is 17.3 Å². The molecule has 0 aliphatic heterocycles. The van der Waals surface area contributed by atoms with E-state index in [-0.39, 0.29) is 11.7 Å². The summed E-state index contributed by atoms with van der Waals surface area (Å²) in [5.41, 5.74) is 3.88. The number of aromatic nitrogens is 4. The van der Waals surface area contributed by atoms with Crippen molar-refractivity contribution in [2.75, 3.05) is 11.1 Å². The Labute approximate surface area is 206 Å². The van der Waals surface area contributed by atoms with Gasteiger partial charge >= 0.3 is 0 Å². The van der Waals surface area contributed by atoms with E-state index in [0.29, 0.717) is 16.9 Å². The van der Waals surface area contributed by atoms with Crippen LogP contribution in [0.1, 0.15) is 31.7 Å². The quantitative estimate of drug-likeness (QED) is 0.274. The summed E-state index contributed by atoms with van der Waals surface area (Å²) in [5.74, 6) is 1.33. The molecule has 33 heavy (non-hydrogen) atoms. The van der Waals surface area contributed by atoms with Crippen LogP contribution in [0, 0.1) is 0 Å². The number of halogens is 1. The first-order chi connectivity index (χ1) is 16.0. The van der Waals surface area contributed by atoms with Crippen molar-refractivity contribution in [1.29, 1.82) is 0 Å². The van der Waals surface area contributed by atoms with Crippen LogP contribution in [0.4, 0.5) is 5.69 Å². The summed E-state index contributed by atoms with van der Waals surface area (Å²) in [6.45, 7) is 4.37. The molecule has 1 N–H and O–H groups in total. The molecule has 0 bridgehead atoms. The van der Waals surface area contributed by atoms with Crippen molar-refractivity contribution >= 4 is 39.3 Å². The first-order valence-electron chi connectivity index (χ1n) is 10.7. The van der Waals surface area contributed by atoms with Crippen molar-refractivity contribution in [3.05, 3.63) is 83.1 Å². The van der Waals surface area contributed by atoms with Gasteiger partial charge in [-0.1, -0.05) is 53.7 Å². The molecule has 0 saturated heterocycles. The Morgan fingerprint density at radius 1 is 1.03 bits per heavy atom. The number of carbonyl (C=O) groups excluding carboxylic acids is 1. The molecule has 0 saturated carbocycles. The van der Waals surface area contributed by atoms with Gasteiger partial charge in [0.05, 0.1) is 5.75 Å². The molecule has 1 atom stereocenters. The fraction of sp³-hybridized carbons (Fsp3) is 0.200. The number of pyridine rings is 1. The monoisotopic (exact) mass is 521 g/mol. The Kier molecular flexibility index (Phi) is 7.57. The highest BCUT2D eigenvalue weighted by atomic mass is 79.9. The maximum atomic E-state index is 12.6. The Morgan fingerprint density at radius 2 is 1.73 bits per heavy atom. The van der Waals surface area contributed by atoms with Crippen LogP contribution in [0.15, 0.2) is 82.7 Å². The Morgan fingerprint density at radius 3 is 2.39 bits per heavy atom. The number of amides is 1. The van der Waals surface area contributed by atoms with Crippen molar-refractivity contribution in [2.45, 2.75) is 31.3 Å². The molecule has 0 spiro atoms. The van der Waals surface area contributed by atoms with E-state index in [1.807, 2.05) is 53.1 Å². The summed E-state index contributed by atoms with van der Waals surface area (Å²) in [4.78, 5) is 16.7. The van der Waals surface area contributed by atoms with Crippen LogP contribution in [0.25, 0.3) is 17.1 Å². The second-order valence-electron chi connectivity index (χ2n) is 7.62. The maximum absolute atomic E-state index is 12.6. The molecule has 168 valence electrons. The molecule has 4 rings (SSSR count). The second kappa shape index (κ2) is 10.8. The van der Waals surface area contributed by atoms with Gasteiger partial charge in [0.25, 0.3) is 0 Å². The van der Waals surface area contributed by atoms with Gasteiger partial charge in [-0.25, -0.2) is 0 Å². The maximum Gasteiger partial charge on any atom is 0.234 e. The predicted molar refractivity (Wildman–Crippen MR) is 137 cm³/mol. The van der Waals surface area contributed by atoms with E-state index in [4.69, 9.17) is 0 Å². The van der Waals surface area contributed by atoms with Crippen molar-refractivity contribution in [2.24, 2.45) is 0 Å². The van der Waals surface area contributed by atoms with Crippen molar-refractivity contribution in [3.63, 3.8) is 0 Å². The molecule has 0 aliphatic carbocycles. The molecule has 2 heterocycles. The SMILES string of the molecule is CCC(C)c1ccc(NC(=O)CSc2nnc(-c3ccncc3)n2-c2ccc(Br)cc2)cc1. The number of thioether (sulfide) groups is 1. The number of anilines is 1. The summed E-state index contributed by atoms with van der Waals surface area (Å²) < 4.78 is 2.94. The molecule has 8 heteroatoms. The summed E-state index contributed by atoms with van der Waals surface area (Å²) in [5, 5.41) is 12.4. The molecule has 2 aromatic carbocycles. The smallest absolute Gasteiger partial charge is 0.234 e. The van der Waals surface area contributed by atoms with Gasteiger partial charge in [0, 0.05) is 33.8 Å². The van der Waals surface area contributed by atoms with Crippen LogP contribution in [0.3, 0.4) is 0 Å². The van der Waals surface area contributed by atoms with Crippen LogP contribution < -0.4 is 5.32 Å². The number of rotatable bonds is 8. The summed E-state index contributed by atoms with van der Waals surface area (Å²) in [7, 11) is 0. The van der Waals surface area contributed by atoms with Crippen LogP contribution in [-0.4, -0.2) is 31.4 Å². The van der Waals surface area contributed by atoms with E-state index in [2.05, 4.69) is 62.4 Å². The van der Waals surface area contributed by atoms with Crippen molar-refractivity contribution in [1.82, 2.24) is 19.7 Å². The average molecular weight is 522 g/mol. The van der Waals surface area contributed by atoms with Gasteiger partial charge in [-0.2, -0.15) is 0 Å². The molecule has 2 aromatic heterocycles. The number of nitrogens with zero attached hydrogens (tertiary/aromatic N) is 4. The lowest BCUT2D eigenvalue weighted by atomic mass is 9.99. The van der Waals surface area contributed by atoms with E-state index < -0.39 is 0 Å². The standard InChI is InChI=1S/C25H24BrN5OS/c1-3-17(2)18-4-8-21(9-5-18)28-23(32)16-33-25-30-29-24(19-12-14-27-15-13-19)31(25)22-10-6-20(26)7-11-22/h4-15,17H,3,16H2,1-2H3,(H,28,32). The highest BCUT2D eigenvalue weighted by Crippen LogP contribution is 2.28. The molecule has 0 fully saturated rings. The van der Waals surface area contributed by atoms with Gasteiger partial charge in [0.15, 0.2) is 11.0 Å². The summed E-state index contributed by atoms with van der Waals surface area (Å²) >= 11 is 4.83. The van der Waals surface area contributed by atoms with E-state index in [1.54, 1.807) is 12.4 Å². The number of hydrogen-bond acceptors (Lipinski definition) is 5. The van der Waals surface area contributed by atoms with Gasteiger partial charge in [-0.05, 0) is 66.4 Å². The van der Waals surface area contributed by atoms with Crippen molar-refractivity contribution < 1.29 is 4.79 Å². The molecular weight excluding hydrogens is 498 g/mol. The summed E-state index contributed by atoms with van der Waals surface area (Å²) in [6, 6.07) is 19.7. The van der Waals surface area contributed by atoms with E-state index in [0.717, 1.165) is 27.8 Å². The molecule has 1 amide bonds. The van der Waals surface area contributed by atoms with Gasteiger partial charge < -0.3 is 5.32 Å². The van der Waals surface area contributed by atoms with Gasteiger partial charge in [-0.15, -0.1) is 10.2 Å². The van der Waals surface area contributed by atoms with Crippen LogP contribution in [-0.2, 0) is 4.79 Å². The molecule has 0 aliphatic rings. The van der Waals surface area contributed by atoms with Crippen LogP contribution in [0.2, 0.25) is 0 Å². The van der Waals surface area contributed by atoms with E-state index >= 15 is 0 Å². The highest BCUT2D eigenvalue weighted by molar-refractivity contribution is 9.10. The largest absolute Gasteiger partial charge is 0.325 e. The number of carbonyl (C=O) groups is 1. The molecule has 0 radical (unpaired) electrons. The number of nitrogens with one attached hydrogen (secondary N) is 1. The normalized spacial score (nSPS) is 11.8. The van der Waals surface area contributed by atoms with Crippen LogP contribution >= 0.6 is 27.7 Å². The zero-order chi connectivity index (χ0) is 23.2. The zero-order valence-corrected chi connectivity index (χ0v) is 20.8. The minimum atomic E-state index is -0.0906. The van der Waals surface area contributed by atoms with Crippen LogP contribution in [0.5, 0.6) is 0 Å². The molecule has 1 unspecified atom stereocenters. The predicted octanol–water partition coefficient (Wildman–Crippen LogP) is 6.34. The topological polar surface area (TPSA) is 72.7 Å². The van der Waals surface area contributed by atoms with Gasteiger partial charge in [0.1, 0.15) is 0 Å². The lowest BCUT2D eigenvalue weighted by Crippen LogP contribution is -2.14. The Bertz CT molecular complexity index is 1210. The third kappa shape index (κ3) is 5.69. The zero-order valence-electron chi connectivity index (χ0n) is 18.4. The molecule has 6 nitrogen and oxygen atoms in total. The Hall–Kier alpha value is -2.97. The lowest BCUT2D eigenvalue weighted by molar-refractivity contribution is -0.113. The number of benzene rings is 2. The minimum absolute atomic E-state index is 0.0906.